The minimum Gasteiger partial charge on any atom is -0.367 e. The van der Waals surface area contributed by atoms with Gasteiger partial charge < -0.3 is 4.90 Å². The van der Waals surface area contributed by atoms with E-state index in [0.717, 1.165) is 18.8 Å². The molecular weight excluding hydrogens is 216 g/mol. The second kappa shape index (κ2) is 3.91. The van der Waals surface area contributed by atoms with Gasteiger partial charge in [-0.15, -0.1) is 11.3 Å². The van der Waals surface area contributed by atoms with Crippen molar-refractivity contribution >= 4 is 17.0 Å². The van der Waals surface area contributed by atoms with Crippen molar-refractivity contribution < 1.29 is 0 Å². The molecule has 2 nitrogen and oxygen atoms in total. The SMILES string of the molecule is Cc1cc(N2CCc3sccc3C2)ccn1. The fourth-order valence-electron chi connectivity index (χ4n) is 2.20. The molecule has 0 atom stereocenters. The lowest BCUT2D eigenvalue weighted by Crippen LogP contribution is -2.29. The zero-order chi connectivity index (χ0) is 11.0. The van der Waals surface area contributed by atoms with E-state index in [-0.39, 0.29) is 0 Å². The van der Waals surface area contributed by atoms with E-state index < -0.39 is 0 Å². The molecule has 0 fully saturated rings. The summed E-state index contributed by atoms with van der Waals surface area (Å²) in [7, 11) is 0. The Kier molecular flexibility index (Phi) is 2.40. The third kappa shape index (κ3) is 1.71. The molecule has 0 amide bonds. The van der Waals surface area contributed by atoms with Crippen LogP contribution >= 0.6 is 11.3 Å². The van der Waals surface area contributed by atoms with Crippen molar-refractivity contribution in [3.8, 4) is 0 Å². The van der Waals surface area contributed by atoms with Gasteiger partial charge in [-0.05, 0) is 42.5 Å². The molecule has 3 heteroatoms. The van der Waals surface area contributed by atoms with Gasteiger partial charge in [0.25, 0.3) is 0 Å². The monoisotopic (exact) mass is 230 g/mol. The molecule has 3 heterocycles. The summed E-state index contributed by atoms with van der Waals surface area (Å²) in [6, 6.07) is 6.52. The lowest BCUT2D eigenvalue weighted by atomic mass is 10.1. The van der Waals surface area contributed by atoms with Gasteiger partial charge >= 0.3 is 0 Å². The fraction of sp³-hybridized carbons (Fsp3) is 0.308. The largest absolute Gasteiger partial charge is 0.367 e. The summed E-state index contributed by atoms with van der Waals surface area (Å²) in [4.78, 5) is 8.24. The van der Waals surface area contributed by atoms with Crippen LogP contribution in [0.3, 0.4) is 0 Å². The Hall–Kier alpha value is -1.35. The number of thiophene rings is 1. The minimum atomic E-state index is 1.04. The number of aromatic nitrogens is 1. The molecule has 0 aliphatic carbocycles. The van der Waals surface area contributed by atoms with Crippen molar-refractivity contribution in [3.05, 3.63) is 45.9 Å². The fourth-order valence-corrected chi connectivity index (χ4v) is 3.09. The number of aryl methyl sites for hydroxylation is 1. The van der Waals surface area contributed by atoms with Crippen molar-refractivity contribution in [1.82, 2.24) is 4.98 Å². The zero-order valence-corrected chi connectivity index (χ0v) is 10.1. The third-order valence-corrected chi connectivity index (χ3v) is 4.08. The van der Waals surface area contributed by atoms with Crippen molar-refractivity contribution in [2.24, 2.45) is 0 Å². The minimum absolute atomic E-state index is 1.04. The lowest BCUT2D eigenvalue weighted by molar-refractivity contribution is 0.742. The highest BCUT2D eigenvalue weighted by molar-refractivity contribution is 7.10. The molecule has 0 radical (unpaired) electrons. The first-order valence-electron chi connectivity index (χ1n) is 5.56. The molecule has 0 spiro atoms. The first kappa shape index (κ1) is 9.85. The van der Waals surface area contributed by atoms with Gasteiger partial charge in [0.15, 0.2) is 0 Å². The quantitative estimate of drug-likeness (QED) is 0.748. The lowest BCUT2D eigenvalue weighted by Gasteiger charge is -2.29. The average molecular weight is 230 g/mol. The molecule has 2 aromatic rings. The standard InChI is InChI=1S/C13H14N2S/c1-10-8-12(2-5-14-10)15-6-3-13-11(9-15)4-7-16-13/h2,4-5,7-8H,3,6,9H2,1H3. The van der Waals surface area contributed by atoms with E-state index in [1.165, 1.54) is 17.7 Å². The molecule has 3 rings (SSSR count). The summed E-state index contributed by atoms with van der Waals surface area (Å²) >= 11 is 1.89. The number of hydrogen-bond donors (Lipinski definition) is 0. The van der Waals surface area contributed by atoms with Crippen LogP contribution in [0.1, 0.15) is 16.1 Å². The van der Waals surface area contributed by atoms with E-state index in [2.05, 4.69) is 33.5 Å². The number of hydrogen-bond acceptors (Lipinski definition) is 3. The topological polar surface area (TPSA) is 16.1 Å². The van der Waals surface area contributed by atoms with Crippen LogP contribution in [0.4, 0.5) is 5.69 Å². The van der Waals surface area contributed by atoms with Gasteiger partial charge in [-0.2, -0.15) is 0 Å². The molecule has 82 valence electrons. The maximum atomic E-state index is 4.24. The number of nitrogens with zero attached hydrogens (tertiary/aromatic N) is 2. The summed E-state index contributed by atoms with van der Waals surface area (Å²) in [5.41, 5.74) is 3.88. The van der Waals surface area contributed by atoms with Crippen molar-refractivity contribution in [2.45, 2.75) is 19.9 Å². The molecule has 0 saturated heterocycles. The van der Waals surface area contributed by atoms with Crippen LogP contribution < -0.4 is 4.90 Å². The van der Waals surface area contributed by atoms with Crippen LogP contribution in [-0.4, -0.2) is 11.5 Å². The van der Waals surface area contributed by atoms with E-state index in [0.29, 0.717) is 0 Å². The van der Waals surface area contributed by atoms with Crippen molar-refractivity contribution in [3.63, 3.8) is 0 Å². The van der Waals surface area contributed by atoms with Gasteiger partial charge in [0.05, 0.1) is 0 Å². The molecule has 0 N–H and O–H groups in total. The summed E-state index contributed by atoms with van der Waals surface area (Å²) in [6.07, 6.45) is 3.07. The Morgan fingerprint density at radius 2 is 2.31 bits per heavy atom. The molecule has 0 bridgehead atoms. The average Bonchev–Trinajstić information content (AvgIpc) is 2.75. The van der Waals surface area contributed by atoms with E-state index in [4.69, 9.17) is 0 Å². The molecule has 0 saturated carbocycles. The van der Waals surface area contributed by atoms with Crippen LogP contribution in [-0.2, 0) is 13.0 Å². The van der Waals surface area contributed by atoms with E-state index in [1.54, 1.807) is 4.88 Å². The highest BCUT2D eigenvalue weighted by Gasteiger charge is 2.17. The number of pyridine rings is 1. The number of fused-ring (bicyclic) bond motifs is 1. The first-order chi connectivity index (χ1) is 7.83. The molecular formula is C13H14N2S. The van der Waals surface area contributed by atoms with Crippen LogP contribution in [0.5, 0.6) is 0 Å². The molecule has 1 aliphatic rings. The Labute approximate surface area is 99.6 Å². The third-order valence-electron chi connectivity index (χ3n) is 3.05. The van der Waals surface area contributed by atoms with E-state index in [1.807, 2.05) is 24.5 Å². The van der Waals surface area contributed by atoms with Crippen molar-refractivity contribution in [1.29, 1.82) is 0 Å². The van der Waals surface area contributed by atoms with Gasteiger partial charge in [-0.25, -0.2) is 0 Å². The highest BCUT2D eigenvalue weighted by atomic mass is 32.1. The second-order valence-corrected chi connectivity index (χ2v) is 5.20. The summed E-state index contributed by atoms with van der Waals surface area (Å²) in [6.45, 7) is 4.21. The number of rotatable bonds is 1. The molecule has 1 aliphatic heterocycles. The summed E-state index contributed by atoms with van der Waals surface area (Å²) < 4.78 is 0. The maximum absolute atomic E-state index is 4.24. The summed E-state index contributed by atoms with van der Waals surface area (Å²) in [5.74, 6) is 0. The molecule has 0 unspecified atom stereocenters. The van der Waals surface area contributed by atoms with Gasteiger partial charge in [-0.3, -0.25) is 4.98 Å². The van der Waals surface area contributed by atoms with Crippen LogP contribution in [0.15, 0.2) is 29.8 Å². The van der Waals surface area contributed by atoms with E-state index >= 15 is 0 Å². The van der Waals surface area contributed by atoms with Gasteiger partial charge in [0.1, 0.15) is 0 Å². The van der Waals surface area contributed by atoms with Crippen LogP contribution in [0, 0.1) is 6.92 Å². The molecule has 16 heavy (non-hydrogen) atoms. The first-order valence-corrected chi connectivity index (χ1v) is 6.44. The Bertz CT molecular complexity index is 504. The van der Waals surface area contributed by atoms with Gasteiger partial charge in [0.2, 0.25) is 0 Å². The Balaban J connectivity index is 1.88. The van der Waals surface area contributed by atoms with Gasteiger partial charge in [-0.1, -0.05) is 0 Å². The highest BCUT2D eigenvalue weighted by Crippen LogP contribution is 2.27. The predicted molar refractivity (Wildman–Crippen MR) is 68.0 cm³/mol. The summed E-state index contributed by atoms with van der Waals surface area (Å²) in [5, 5.41) is 2.20. The van der Waals surface area contributed by atoms with Crippen LogP contribution in [0.2, 0.25) is 0 Å². The Morgan fingerprint density at radius 3 is 3.19 bits per heavy atom. The van der Waals surface area contributed by atoms with E-state index in [9.17, 15) is 0 Å². The molecule has 0 aromatic carbocycles. The van der Waals surface area contributed by atoms with Gasteiger partial charge in [0, 0.05) is 35.5 Å². The normalized spacial score (nSPS) is 14.9. The Morgan fingerprint density at radius 1 is 1.38 bits per heavy atom. The maximum Gasteiger partial charge on any atom is 0.0440 e. The van der Waals surface area contributed by atoms with Crippen LogP contribution in [0.25, 0.3) is 0 Å². The number of anilines is 1. The molecule has 2 aromatic heterocycles. The smallest absolute Gasteiger partial charge is 0.0440 e. The zero-order valence-electron chi connectivity index (χ0n) is 9.31. The predicted octanol–water partition coefficient (Wildman–Crippen LogP) is 3.01. The second-order valence-electron chi connectivity index (χ2n) is 4.20. The van der Waals surface area contributed by atoms with Crippen molar-refractivity contribution in [2.75, 3.05) is 11.4 Å².